The van der Waals surface area contributed by atoms with Crippen LogP contribution >= 0.6 is 0 Å². The van der Waals surface area contributed by atoms with E-state index in [9.17, 15) is 4.79 Å². The molecule has 0 aromatic rings. The van der Waals surface area contributed by atoms with Gasteiger partial charge >= 0.3 is 5.97 Å². The minimum Gasteiger partial charge on any atom is -0.394 e. The van der Waals surface area contributed by atoms with E-state index in [1.165, 1.54) is 12.8 Å². The summed E-state index contributed by atoms with van der Waals surface area (Å²) in [5.74, 6) is -0.318. The number of aliphatic hydroxyl groups is 2. The number of hydrogen-bond donors (Lipinski definition) is 3. The molecular formula is C11H23NO4. The molecule has 3 N–H and O–H groups in total. The molecule has 0 aromatic heterocycles. The lowest BCUT2D eigenvalue weighted by atomic mass is 10.1. The van der Waals surface area contributed by atoms with Crippen LogP contribution in [0.5, 0.6) is 0 Å². The smallest absolute Gasteiger partial charge is 0.324 e. The van der Waals surface area contributed by atoms with Crippen molar-refractivity contribution in [3.8, 4) is 0 Å². The number of aliphatic hydroxyl groups excluding tert-OH is 2. The first-order chi connectivity index (χ1) is 7.70. The number of unbranched alkanes of at least 4 members (excludes halogenated alkanes) is 4. The van der Waals surface area contributed by atoms with E-state index in [-0.39, 0.29) is 19.1 Å². The first-order valence-corrected chi connectivity index (χ1v) is 5.92. The molecule has 0 aliphatic rings. The van der Waals surface area contributed by atoms with Crippen LogP contribution in [0.1, 0.15) is 45.4 Å². The zero-order valence-electron chi connectivity index (χ0n) is 9.95. The van der Waals surface area contributed by atoms with Gasteiger partial charge in [-0.15, -0.1) is 0 Å². The summed E-state index contributed by atoms with van der Waals surface area (Å²) in [6.45, 7) is 1.85. The Balaban J connectivity index is 3.24. The van der Waals surface area contributed by atoms with Crippen LogP contribution in [0.4, 0.5) is 0 Å². The number of rotatable bonds is 10. The second-order valence-electron chi connectivity index (χ2n) is 3.82. The molecule has 96 valence electrons. The molecule has 0 rings (SSSR count). The average molecular weight is 233 g/mol. The third-order valence-electron chi connectivity index (χ3n) is 2.20. The van der Waals surface area contributed by atoms with E-state index in [1.807, 2.05) is 0 Å². The van der Waals surface area contributed by atoms with Gasteiger partial charge in [0.2, 0.25) is 0 Å². The Labute approximate surface area is 96.8 Å². The third-order valence-corrected chi connectivity index (χ3v) is 2.20. The van der Waals surface area contributed by atoms with Gasteiger partial charge in [0.05, 0.1) is 19.3 Å². The van der Waals surface area contributed by atoms with Gasteiger partial charge in [0, 0.05) is 6.42 Å². The molecule has 0 amide bonds. The van der Waals surface area contributed by atoms with Crippen molar-refractivity contribution in [2.75, 3.05) is 13.2 Å². The van der Waals surface area contributed by atoms with Gasteiger partial charge in [-0.05, 0) is 6.42 Å². The molecule has 0 bridgehead atoms. The van der Waals surface area contributed by atoms with E-state index in [2.05, 4.69) is 17.2 Å². The van der Waals surface area contributed by atoms with Crippen LogP contribution in [0.15, 0.2) is 0 Å². The molecule has 0 saturated carbocycles. The summed E-state index contributed by atoms with van der Waals surface area (Å²) in [6, 6.07) is 0. The molecule has 0 fully saturated rings. The van der Waals surface area contributed by atoms with Crippen molar-refractivity contribution >= 4 is 5.97 Å². The molecule has 16 heavy (non-hydrogen) atoms. The number of hydroxylamine groups is 1. The van der Waals surface area contributed by atoms with Crippen LogP contribution < -0.4 is 5.48 Å². The quantitative estimate of drug-likeness (QED) is 0.383. The van der Waals surface area contributed by atoms with Gasteiger partial charge in [0.25, 0.3) is 0 Å². The minimum absolute atomic E-state index is 0.0536. The minimum atomic E-state index is -0.891. The van der Waals surface area contributed by atoms with E-state index in [4.69, 9.17) is 10.2 Å². The highest BCUT2D eigenvalue weighted by molar-refractivity contribution is 5.68. The van der Waals surface area contributed by atoms with Crippen LogP contribution in [-0.4, -0.2) is 35.4 Å². The van der Waals surface area contributed by atoms with Crippen molar-refractivity contribution in [2.24, 2.45) is 0 Å². The van der Waals surface area contributed by atoms with Crippen molar-refractivity contribution in [3.05, 3.63) is 0 Å². The highest BCUT2D eigenvalue weighted by Gasteiger charge is 2.05. The summed E-state index contributed by atoms with van der Waals surface area (Å²) >= 11 is 0. The molecule has 0 heterocycles. The molecule has 0 saturated heterocycles. The van der Waals surface area contributed by atoms with Gasteiger partial charge in [-0.3, -0.25) is 4.79 Å². The molecular weight excluding hydrogens is 210 g/mol. The van der Waals surface area contributed by atoms with Crippen LogP contribution in [0.2, 0.25) is 0 Å². The maximum atomic E-state index is 11.1. The van der Waals surface area contributed by atoms with E-state index in [1.54, 1.807) is 0 Å². The standard InChI is InChI=1S/C11H23NO4/c1-2-3-4-5-6-7-11(15)16-12-8-10(14)9-13/h10,12-14H,2-9H2,1H3. The summed E-state index contributed by atoms with van der Waals surface area (Å²) in [5, 5.41) is 17.4. The fourth-order valence-electron chi connectivity index (χ4n) is 1.21. The highest BCUT2D eigenvalue weighted by atomic mass is 16.7. The molecule has 5 nitrogen and oxygen atoms in total. The lowest BCUT2D eigenvalue weighted by Gasteiger charge is -2.08. The number of carbonyl (C=O) groups is 1. The van der Waals surface area contributed by atoms with E-state index < -0.39 is 6.10 Å². The average Bonchev–Trinajstić information content (AvgIpc) is 2.28. The first-order valence-electron chi connectivity index (χ1n) is 5.92. The number of nitrogens with one attached hydrogen (secondary N) is 1. The lowest BCUT2D eigenvalue weighted by Crippen LogP contribution is -2.31. The fourth-order valence-corrected chi connectivity index (χ4v) is 1.21. The molecule has 0 aliphatic heterocycles. The van der Waals surface area contributed by atoms with Crippen LogP contribution in [0.3, 0.4) is 0 Å². The van der Waals surface area contributed by atoms with Crippen molar-refractivity contribution in [2.45, 2.75) is 51.6 Å². The molecule has 5 heteroatoms. The Morgan fingerprint density at radius 3 is 2.62 bits per heavy atom. The predicted octanol–water partition coefficient (Wildman–Crippen LogP) is 0.748. The highest BCUT2D eigenvalue weighted by Crippen LogP contribution is 2.05. The number of hydrogen-bond acceptors (Lipinski definition) is 5. The molecule has 0 radical (unpaired) electrons. The zero-order chi connectivity index (χ0) is 12.2. The van der Waals surface area contributed by atoms with Gasteiger partial charge in [0.15, 0.2) is 0 Å². The van der Waals surface area contributed by atoms with Gasteiger partial charge in [0.1, 0.15) is 0 Å². The zero-order valence-corrected chi connectivity index (χ0v) is 9.95. The predicted molar refractivity (Wildman–Crippen MR) is 60.6 cm³/mol. The third kappa shape index (κ3) is 9.89. The van der Waals surface area contributed by atoms with Gasteiger partial charge in [-0.1, -0.05) is 32.6 Å². The maximum Gasteiger partial charge on any atom is 0.324 e. The summed E-state index contributed by atoms with van der Waals surface area (Å²) in [4.78, 5) is 15.8. The summed E-state index contributed by atoms with van der Waals surface area (Å²) < 4.78 is 0. The molecule has 0 aromatic carbocycles. The van der Waals surface area contributed by atoms with Gasteiger partial charge < -0.3 is 15.1 Å². The SMILES string of the molecule is CCCCCCCC(=O)ONCC(O)CO. The Morgan fingerprint density at radius 2 is 2.00 bits per heavy atom. The molecule has 0 spiro atoms. The first kappa shape index (κ1) is 15.3. The summed E-state index contributed by atoms with van der Waals surface area (Å²) in [5.41, 5.74) is 2.33. The molecule has 1 atom stereocenters. The van der Waals surface area contributed by atoms with Gasteiger partial charge in [-0.25, -0.2) is 0 Å². The van der Waals surface area contributed by atoms with Crippen molar-refractivity contribution in [3.63, 3.8) is 0 Å². The second kappa shape index (κ2) is 10.9. The molecule has 1 unspecified atom stereocenters. The summed E-state index contributed by atoms with van der Waals surface area (Å²) in [6.07, 6.45) is 4.93. The maximum absolute atomic E-state index is 11.1. The topological polar surface area (TPSA) is 78.8 Å². The van der Waals surface area contributed by atoms with Crippen LogP contribution in [-0.2, 0) is 9.63 Å². The monoisotopic (exact) mass is 233 g/mol. The number of carbonyl (C=O) groups excluding carboxylic acids is 1. The Bertz CT molecular complexity index is 175. The fraction of sp³-hybridized carbons (Fsp3) is 0.909. The van der Waals surface area contributed by atoms with Crippen LogP contribution in [0.25, 0.3) is 0 Å². The second-order valence-corrected chi connectivity index (χ2v) is 3.82. The lowest BCUT2D eigenvalue weighted by molar-refractivity contribution is -0.152. The molecule has 0 aliphatic carbocycles. The Kier molecular flexibility index (Phi) is 10.4. The van der Waals surface area contributed by atoms with E-state index in [0.717, 1.165) is 19.3 Å². The normalized spacial score (nSPS) is 12.4. The Morgan fingerprint density at radius 1 is 1.31 bits per heavy atom. The largest absolute Gasteiger partial charge is 0.394 e. The van der Waals surface area contributed by atoms with Crippen molar-refractivity contribution < 1.29 is 19.8 Å². The van der Waals surface area contributed by atoms with E-state index >= 15 is 0 Å². The van der Waals surface area contributed by atoms with E-state index in [0.29, 0.717) is 6.42 Å². The van der Waals surface area contributed by atoms with Crippen LogP contribution in [0, 0.1) is 0 Å². The summed E-state index contributed by atoms with van der Waals surface area (Å²) in [7, 11) is 0. The van der Waals surface area contributed by atoms with Gasteiger partial charge in [-0.2, -0.15) is 5.48 Å². The Hall–Kier alpha value is -0.650. The van der Waals surface area contributed by atoms with Crippen molar-refractivity contribution in [1.29, 1.82) is 0 Å². The van der Waals surface area contributed by atoms with Crippen molar-refractivity contribution in [1.82, 2.24) is 5.48 Å².